The van der Waals surface area contributed by atoms with Crippen molar-refractivity contribution < 1.29 is 11.0 Å². The van der Waals surface area contributed by atoms with E-state index in [0.717, 1.165) is 0 Å². The van der Waals surface area contributed by atoms with Gasteiger partial charge in [0.25, 0.3) is 0 Å². The molecule has 0 aromatic heterocycles. The highest BCUT2D eigenvalue weighted by atomic mass is 16.2. The van der Waals surface area contributed by atoms with Crippen molar-refractivity contribution in [1.29, 1.82) is 0 Å². The van der Waals surface area contributed by atoms with Crippen LogP contribution in [-0.2, 0) is 9.59 Å². The molecule has 0 radical (unpaired) electrons. The van der Waals surface area contributed by atoms with E-state index in [1.54, 1.807) is 0 Å². The molecule has 0 aliphatic rings. The summed E-state index contributed by atoms with van der Waals surface area (Å²) in [5.74, 6) is -0.139. The highest BCUT2D eigenvalue weighted by Crippen LogP contribution is 1.91. The van der Waals surface area contributed by atoms with Gasteiger partial charge in [-0.2, -0.15) is 0 Å². The Labute approximate surface area is 62.3 Å². The Hall–Kier alpha value is -0.860. The molecule has 60 valence electrons. The summed E-state index contributed by atoms with van der Waals surface area (Å²) in [5.41, 5.74) is 0. The van der Waals surface area contributed by atoms with E-state index in [9.17, 15) is 9.59 Å². The van der Waals surface area contributed by atoms with Crippen molar-refractivity contribution in [2.45, 2.75) is 33.2 Å². The molecular formula is C7H15NO2. The van der Waals surface area contributed by atoms with Gasteiger partial charge < -0.3 is 5.32 Å². The van der Waals surface area contributed by atoms with E-state index in [2.05, 4.69) is 5.32 Å². The molecule has 3 heteroatoms. The maximum absolute atomic E-state index is 10.7. The summed E-state index contributed by atoms with van der Waals surface area (Å²) < 4.78 is 0. The van der Waals surface area contributed by atoms with Crippen molar-refractivity contribution in [2.24, 2.45) is 0 Å². The lowest BCUT2D eigenvalue weighted by Crippen LogP contribution is -2.37. The smallest absolute Gasteiger partial charge is 0.217 e. The zero-order valence-electron chi connectivity index (χ0n) is 6.60. The van der Waals surface area contributed by atoms with E-state index < -0.39 is 0 Å². The van der Waals surface area contributed by atoms with E-state index in [-0.39, 0.29) is 19.2 Å². The highest BCUT2D eigenvalue weighted by molar-refractivity contribution is 5.86. The summed E-state index contributed by atoms with van der Waals surface area (Å²) in [6, 6.07) is -0.294. The molecule has 3 nitrogen and oxygen atoms in total. The number of rotatable bonds is 3. The summed E-state index contributed by atoms with van der Waals surface area (Å²) in [4.78, 5) is 21.1. The highest BCUT2D eigenvalue weighted by Gasteiger charge is 2.10. The average Bonchev–Trinajstić information content (AvgIpc) is 1.81. The molecule has 1 N–H and O–H groups in total. The van der Waals surface area contributed by atoms with Crippen LogP contribution in [0.4, 0.5) is 0 Å². The Bertz CT molecular complexity index is 147. The van der Waals surface area contributed by atoms with Gasteiger partial charge in [0.2, 0.25) is 5.91 Å². The molecule has 0 rings (SSSR count). The fourth-order valence-electron chi connectivity index (χ4n) is 0.737. The van der Waals surface area contributed by atoms with Gasteiger partial charge in [-0.15, -0.1) is 0 Å². The number of Topliss-reactive ketones (excluding diaryl/α,β-unsaturated/α-hetero) is 1. The van der Waals surface area contributed by atoms with Crippen LogP contribution in [0.5, 0.6) is 0 Å². The van der Waals surface area contributed by atoms with Crippen LogP contribution in [0.25, 0.3) is 0 Å². The van der Waals surface area contributed by atoms with Gasteiger partial charge in [0, 0.05) is 8.35 Å². The lowest BCUT2D eigenvalue weighted by atomic mass is 10.1. The van der Waals surface area contributed by atoms with Gasteiger partial charge in [-0.1, -0.05) is 6.92 Å². The fourth-order valence-corrected chi connectivity index (χ4v) is 0.737. The van der Waals surface area contributed by atoms with Crippen LogP contribution < -0.4 is 5.32 Å². The number of carbonyl (C=O) groups excluding carboxylic acids is 2. The number of nitrogens with one attached hydrogen (secondary N) is 1. The quantitative estimate of drug-likeness (QED) is 0.636. The number of carbonyl (C=O) groups is 2. The van der Waals surface area contributed by atoms with Crippen LogP contribution in [-0.4, -0.2) is 17.7 Å². The molecule has 0 aliphatic heterocycles. The van der Waals surface area contributed by atoms with Crippen molar-refractivity contribution in [2.75, 3.05) is 0 Å². The van der Waals surface area contributed by atoms with Crippen LogP contribution in [0.15, 0.2) is 0 Å². The summed E-state index contributed by atoms with van der Waals surface area (Å²) in [5, 5.41) is 2.54. The van der Waals surface area contributed by atoms with Gasteiger partial charge in [-0.25, -0.2) is 0 Å². The minimum Gasteiger partial charge on any atom is -0.347 e. The first-order valence-corrected chi connectivity index (χ1v) is 3.35. The van der Waals surface area contributed by atoms with Crippen LogP contribution >= 0.6 is 0 Å². The van der Waals surface area contributed by atoms with Crippen molar-refractivity contribution in [3.63, 3.8) is 0 Å². The second-order valence-corrected chi connectivity index (χ2v) is 2.27. The third-order valence-electron chi connectivity index (χ3n) is 1.28. The van der Waals surface area contributed by atoms with Gasteiger partial charge in [0.1, 0.15) is 0 Å². The van der Waals surface area contributed by atoms with E-state index in [4.69, 9.17) is 0 Å². The molecule has 1 atom stereocenters. The first kappa shape index (κ1) is 9.14. The first-order valence-electron chi connectivity index (χ1n) is 3.35. The Morgan fingerprint density at radius 2 is 2.00 bits per heavy atom. The molecule has 0 spiro atoms. The number of amides is 1. The third-order valence-corrected chi connectivity index (χ3v) is 1.28. The average molecular weight is 145 g/mol. The van der Waals surface area contributed by atoms with E-state index in [1.165, 1.54) is 13.8 Å². The summed E-state index contributed by atoms with van der Waals surface area (Å²) >= 11 is 0. The Kier molecular flexibility index (Phi) is 3.69. The molecule has 0 aromatic carbocycles. The topological polar surface area (TPSA) is 46.2 Å². The second kappa shape index (κ2) is 4.04. The minimum atomic E-state index is -0.294. The Balaban J connectivity index is 0. The van der Waals surface area contributed by atoms with Gasteiger partial charge >= 0.3 is 0 Å². The molecule has 0 heterocycles. The first-order chi connectivity index (χ1) is 4.57. The number of ketones is 1. The third kappa shape index (κ3) is 3.22. The summed E-state index contributed by atoms with van der Waals surface area (Å²) in [7, 11) is 0. The van der Waals surface area contributed by atoms with Crippen molar-refractivity contribution in [1.82, 2.24) is 5.32 Å². The molecular weight excluding hydrogens is 130 g/mol. The molecule has 0 aromatic rings. The molecule has 0 bridgehead atoms. The van der Waals surface area contributed by atoms with Crippen LogP contribution in [0, 0.1) is 0 Å². The monoisotopic (exact) mass is 145 g/mol. The molecule has 10 heavy (non-hydrogen) atoms. The standard InChI is InChI=1S/C7H13NO2.H2/c1-4-7(5(2)9)8-6(3)10;/h7H,4H2,1-3H3,(H,8,10);1H/t7-;/m0./s1. The zero-order chi connectivity index (χ0) is 8.15. The SMILES string of the molecule is CC[C@H](NC(C)=O)C(C)=O.[HH]. The van der Waals surface area contributed by atoms with E-state index in [0.29, 0.717) is 6.42 Å². The maximum Gasteiger partial charge on any atom is 0.217 e. The van der Waals surface area contributed by atoms with Crippen LogP contribution in [0.2, 0.25) is 0 Å². The fraction of sp³-hybridized carbons (Fsp3) is 0.714. The zero-order valence-corrected chi connectivity index (χ0v) is 6.60. The molecule has 0 saturated carbocycles. The van der Waals surface area contributed by atoms with Crippen molar-refractivity contribution in [3.8, 4) is 0 Å². The van der Waals surface area contributed by atoms with E-state index >= 15 is 0 Å². The Morgan fingerprint density at radius 1 is 1.50 bits per heavy atom. The number of hydrogen-bond acceptors (Lipinski definition) is 2. The predicted molar refractivity (Wildman–Crippen MR) is 40.7 cm³/mol. The molecule has 0 saturated heterocycles. The van der Waals surface area contributed by atoms with Crippen molar-refractivity contribution in [3.05, 3.63) is 0 Å². The molecule has 0 aliphatic carbocycles. The molecule has 0 unspecified atom stereocenters. The van der Waals surface area contributed by atoms with Crippen LogP contribution in [0.1, 0.15) is 28.6 Å². The lowest BCUT2D eigenvalue weighted by Gasteiger charge is -2.10. The molecule has 0 fully saturated rings. The van der Waals surface area contributed by atoms with Gasteiger partial charge in [0.05, 0.1) is 6.04 Å². The summed E-state index contributed by atoms with van der Waals surface area (Å²) in [6.07, 6.45) is 0.662. The molecule has 1 amide bonds. The van der Waals surface area contributed by atoms with E-state index in [1.807, 2.05) is 6.92 Å². The number of hydrogen-bond donors (Lipinski definition) is 1. The van der Waals surface area contributed by atoms with Crippen LogP contribution in [0.3, 0.4) is 0 Å². The summed E-state index contributed by atoms with van der Waals surface area (Å²) in [6.45, 7) is 4.75. The predicted octanol–water partition coefficient (Wildman–Crippen LogP) is 0.736. The lowest BCUT2D eigenvalue weighted by molar-refractivity contribution is -0.125. The van der Waals surface area contributed by atoms with Gasteiger partial charge in [-0.3, -0.25) is 9.59 Å². The minimum absolute atomic E-state index is 0. The normalized spacial score (nSPS) is 12.3. The maximum atomic E-state index is 10.7. The second-order valence-electron chi connectivity index (χ2n) is 2.27. The van der Waals surface area contributed by atoms with Gasteiger partial charge in [-0.05, 0) is 13.3 Å². The largest absolute Gasteiger partial charge is 0.347 e. The van der Waals surface area contributed by atoms with Crippen molar-refractivity contribution >= 4 is 11.7 Å². The van der Waals surface area contributed by atoms with Gasteiger partial charge in [0.15, 0.2) is 5.78 Å². The Morgan fingerprint density at radius 3 is 2.10 bits per heavy atom.